The van der Waals surface area contributed by atoms with Gasteiger partial charge in [-0.3, -0.25) is 0 Å². The van der Waals surface area contributed by atoms with E-state index < -0.39 is 0 Å². The fourth-order valence-corrected chi connectivity index (χ4v) is 1.29. The Kier molecular flexibility index (Phi) is 7.46. The predicted octanol–water partition coefficient (Wildman–Crippen LogP) is 2.68. The summed E-state index contributed by atoms with van der Waals surface area (Å²) in [5, 5.41) is 3.45. The van der Waals surface area contributed by atoms with Crippen LogP contribution < -0.4 is 5.73 Å². The highest BCUT2D eigenvalue weighted by Gasteiger charge is 2.02. The van der Waals surface area contributed by atoms with Crippen LogP contribution in [-0.4, -0.2) is 12.6 Å². The fraction of sp³-hybridized carbons (Fsp3) is 0.400. The van der Waals surface area contributed by atoms with E-state index in [1.807, 2.05) is 30.3 Å². The van der Waals surface area contributed by atoms with E-state index in [4.69, 9.17) is 11.3 Å². The topological polar surface area (TPSA) is 74.8 Å². The van der Waals surface area contributed by atoms with Gasteiger partial charge in [-0.05, 0) is 23.9 Å². The van der Waals surface area contributed by atoms with Gasteiger partial charge in [0.25, 0.3) is 0 Å². The molecule has 82 valence electrons. The first kappa shape index (κ1) is 13.8. The molecule has 0 radical (unpaired) electrons. The lowest BCUT2D eigenvalue weighted by Gasteiger charge is -2.09. The maximum Gasteiger partial charge on any atom is 0.0272 e. The Morgan fingerprint density at radius 3 is 2.60 bits per heavy atom. The maximum atomic E-state index is 8.09. The van der Waals surface area contributed by atoms with Crippen LogP contribution in [-0.2, 0) is 6.42 Å². The summed E-state index contributed by atoms with van der Waals surface area (Å²) in [6, 6.07) is 10.1. The minimum atomic E-state index is 0. The van der Waals surface area contributed by atoms with E-state index in [0.717, 1.165) is 12.8 Å². The molecule has 1 aromatic rings. The summed E-state index contributed by atoms with van der Waals surface area (Å²) in [6.07, 6.45) is 1.57. The number of nitrogens with two attached hydrogens (primary N) is 1. The zero-order valence-electron chi connectivity index (χ0n) is 8.41. The molecular weight excluding hydrogens is 212 g/mol. The first-order valence-electron chi connectivity index (χ1n) is 4.63. The van der Waals surface area contributed by atoms with Crippen LogP contribution in [0.25, 0.3) is 10.4 Å². The molecule has 0 fully saturated rings. The van der Waals surface area contributed by atoms with Gasteiger partial charge in [0.05, 0.1) is 0 Å². The Morgan fingerprint density at radius 2 is 2.00 bits per heavy atom. The number of rotatable bonds is 5. The third-order valence-corrected chi connectivity index (χ3v) is 2.00. The molecule has 0 heterocycles. The summed E-state index contributed by atoms with van der Waals surface area (Å²) in [6.45, 7) is 0.477. The number of halogens is 1. The molecule has 1 atom stereocenters. The quantitative estimate of drug-likeness (QED) is 0.468. The summed E-state index contributed by atoms with van der Waals surface area (Å²) in [4.78, 5) is 2.68. The molecule has 1 rings (SSSR count). The zero-order chi connectivity index (χ0) is 10.2. The lowest BCUT2D eigenvalue weighted by Crippen LogP contribution is -2.23. The lowest BCUT2D eigenvalue weighted by atomic mass is 10.0. The molecule has 0 aromatic heterocycles. The van der Waals surface area contributed by atoms with Gasteiger partial charge >= 0.3 is 0 Å². The average Bonchev–Trinajstić information content (AvgIpc) is 2.20. The van der Waals surface area contributed by atoms with E-state index in [-0.39, 0.29) is 18.4 Å². The molecule has 0 aliphatic rings. The number of hydrogen-bond donors (Lipinski definition) is 1. The molecule has 0 aliphatic carbocycles. The van der Waals surface area contributed by atoms with Gasteiger partial charge in [-0.1, -0.05) is 35.4 Å². The van der Waals surface area contributed by atoms with Crippen molar-refractivity contribution in [3.63, 3.8) is 0 Å². The van der Waals surface area contributed by atoms with Gasteiger partial charge in [0, 0.05) is 17.5 Å². The molecule has 4 nitrogen and oxygen atoms in total. The molecular formula is C10H15ClN4. The van der Waals surface area contributed by atoms with Gasteiger partial charge in [0.2, 0.25) is 0 Å². The number of nitrogens with zero attached hydrogens (tertiary/aromatic N) is 3. The number of azide groups is 1. The third kappa shape index (κ3) is 5.96. The Morgan fingerprint density at radius 1 is 1.33 bits per heavy atom. The van der Waals surface area contributed by atoms with E-state index in [9.17, 15) is 0 Å². The molecule has 1 aromatic carbocycles. The van der Waals surface area contributed by atoms with Crippen molar-refractivity contribution in [1.29, 1.82) is 0 Å². The van der Waals surface area contributed by atoms with Crippen molar-refractivity contribution in [2.45, 2.75) is 18.9 Å². The van der Waals surface area contributed by atoms with Crippen molar-refractivity contribution in [3.05, 3.63) is 46.3 Å². The number of hydrogen-bond acceptors (Lipinski definition) is 2. The first-order chi connectivity index (χ1) is 6.83. The van der Waals surface area contributed by atoms with Gasteiger partial charge in [0.1, 0.15) is 0 Å². The lowest BCUT2D eigenvalue weighted by molar-refractivity contribution is 0.618. The Bertz CT molecular complexity index is 308. The van der Waals surface area contributed by atoms with Gasteiger partial charge in [0.15, 0.2) is 0 Å². The van der Waals surface area contributed by atoms with Crippen molar-refractivity contribution < 1.29 is 0 Å². The molecule has 0 saturated heterocycles. The van der Waals surface area contributed by atoms with Crippen LogP contribution in [0, 0.1) is 0 Å². The molecule has 0 bridgehead atoms. The molecule has 2 N–H and O–H groups in total. The van der Waals surface area contributed by atoms with Crippen LogP contribution in [0.15, 0.2) is 35.4 Å². The Hall–Kier alpha value is -1.22. The largest absolute Gasteiger partial charge is 0.327 e. The summed E-state index contributed by atoms with van der Waals surface area (Å²) >= 11 is 0. The minimum absolute atomic E-state index is 0. The van der Waals surface area contributed by atoms with Gasteiger partial charge in [-0.2, -0.15) is 0 Å². The summed E-state index contributed by atoms with van der Waals surface area (Å²) in [5.41, 5.74) is 15.2. The van der Waals surface area contributed by atoms with Crippen molar-refractivity contribution in [1.82, 2.24) is 0 Å². The molecule has 15 heavy (non-hydrogen) atoms. The monoisotopic (exact) mass is 226 g/mol. The van der Waals surface area contributed by atoms with Crippen LogP contribution in [0.2, 0.25) is 0 Å². The van der Waals surface area contributed by atoms with Gasteiger partial charge in [-0.25, -0.2) is 0 Å². The van der Waals surface area contributed by atoms with Crippen LogP contribution in [0.3, 0.4) is 0 Å². The highest BCUT2D eigenvalue weighted by Crippen LogP contribution is 2.03. The highest BCUT2D eigenvalue weighted by molar-refractivity contribution is 5.85. The standard InChI is InChI=1S/C10H14N4.ClH/c11-10(6-7-13-14-12)8-9-4-2-1-3-5-9;/h1-5,10H,6-8,11H2;1H/t10-;/m0./s1. The second-order valence-corrected chi connectivity index (χ2v) is 3.19. The van der Waals surface area contributed by atoms with Crippen LogP contribution >= 0.6 is 12.4 Å². The summed E-state index contributed by atoms with van der Waals surface area (Å²) in [5.74, 6) is 0. The second kappa shape index (κ2) is 8.12. The molecule has 0 spiro atoms. The molecule has 5 heteroatoms. The van der Waals surface area contributed by atoms with Crippen LogP contribution in [0.1, 0.15) is 12.0 Å². The normalized spacial score (nSPS) is 11.0. The summed E-state index contributed by atoms with van der Waals surface area (Å²) < 4.78 is 0. The maximum absolute atomic E-state index is 8.09. The van der Waals surface area contributed by atoms with E-state index in [1.54, 1.807) is 0 Å². The molecule has 0 amide bonds. The average molecular weight is 227 g/mol. The van der Waals surface area contributed by atoms with E-state index >= 15 is 0 Å². The van der Waals surface area contributed by atoms with Gasteiger partial charge in [-0.15, -0.1) is 12.4 Å². The number of benzene rings is 1. The fourth-order valence-electron chi connectivity index (χ4n) is 1.29. The van der Waals surface area contributed by atoms with Crippen molar-refractivity contribution in [2.75, 3.05) is 6.54 Å². The van der Waals surface area contributed by atoms with Crippen LogP contribution in [0.5, 0.6) is 0 Å². The first-order valence-corrected chi connectivity index (χ1v) is 4.63. The molecule has 0 aliphatic heterocycles. The van der Waals surface area contributed by atoms with Crippen molar-refractivity contribution in [3.8, 4) is 0 Å². The van der Waals surface area contributed by atoms with Crippen molar-refractivity contribution >= 4 is 12.4 Å². The minimum Gasteiger partial charge on any atom is -0.327 e. The highest BCUT2D eigenvalue weighted by atomic mass is 35.5. The van der Waals surface area contributed by atoms with E-state index in [0.29, 0.717) is 6.54 Å². The smallest absolute Gasteiger partial charge is 0.0272 e. The van der Waals surface area contributed by atoms with E-state index in [1.165, 1.54) is 5.56 Å². The SMILES string of the molecule is Cl.[N-]=[N+]=NCC[C@H](N)Cc1ccccc1. The second-order valence-electron chi connectivity index (χ2n) is 3.19. The van der Waals surface area contributed by atoms with Gasteiger partial charge < -0.3 is 5.73 Å². The predicted molar refractivity (Wildman–Crippen MR) is 64.0 cm³/mol. The van der Waals surface area contributed by atoms with Crippen LogP contribution in [0.4, 0.5) is 0 Å². The Labute approximate surface area is 95.5 Å². The van der Waals surface area contributed by atoms with E-state index in [2.05, 4.69) is 10.0 Å². The molecule has 0 unspecified atom stereocenters. The molecule has 0 saturated carbocycles. The third-order valence-electron chi connectivity index (χ3n) is 2.00. The Balaban J connectivity index is 0.00000196. The summed E-state index contributed by atoms with van der Waals surface area (Å²) in [7, 11) is 0. The van der Waals surface area contributed by atoms with Crippen molar-refractivity contribution in [2.24, 2.45) is 10.8 Å². The zero-order valence-corrected chi connectivity index (χ0v) is 9.23.